The molecule has 1 aliphatic rings. The highest BCUT2D eigenvalue weighted by Gasteiger charge is 2.28. The van der Waals surface area contributed by atoms with Gasteiger partial charge in [0.05, 0.1) is 31.6 Å². The van der Waals surface area contributed by atoms with Gasteiger partial charge in [0.25, 0.3) is 0 Å². The first-order valence-corrected chi connectivity index (χ1v) is 11.1. The molecule has 1 amide bonds. The fraction of sp³-hybridized carbons (Fsp3) is 0.333. The van der Waals surface area contributed by atoms with Gasteiger partial charge >= 0.3 is 5.97 Å². The van der Waals surface area contributed by atoms with E-state index in [0.717, 1.165) is 37.6 Å². The quantitative estimate of drug-likeness (QED) is 0.533. The van der Waals surface area contributed by atoms with Crippen molar-refractivity contribution in [3.05, 3.63) is 53.2 Å². The number of carbonyl (C=O) groups is 2. The molecule has 1 saturated heterocycles. The molecule has 9 heteroatoms. The van der Waals surface area contributed by atoms with Crippen LogP contribution < -0.4 is 15.0 Å². The molecule has 0 radical (unpaired) electrons. The number of fused-ring (bicyclic) bond motifs is 1. The van der Waals surface area contributed by atoms with E-state index in [0.29, 0.717) is 21.6 Å². The first kappa shape index (κ1) is 22.9. The number of para-hydroxylation sites is 2. The van der Waals surface area contributed by atoms with E-state index in [1.54, 1.807) is 25.3 Å². The van der Waals surface area contributed by atoms with E-state index in [-0.39, 0.29) is 17.6 Å². The van der Waals surface area contributed by atoms with Gasteiger partial charge in [-0.25, -0.2) is 4.79 Å². The maximum absolute atomic E-state index is 13.2. The summed E-state index contributed by atoms with van der Waals surface area (Å²) in [5, 5.41) is 4.09. The van der Waals surface area contributed by atoms with Crippen LogP contribution in [0.15, 0.2) is 42.5 Å². The van der Waals surface area contributed by atoms with Crippen molar-refractivity contribution in [1.82, 2.24) is 9.88 Å². The number of halogens is 1. The number of esters is 1. The van der Waals surface area contributed by atoms with Crippen molar-refractivity contribution in [1.29, 1.82) is 0 Å². The van der Waals surface area contributed by atoms with Gasteiger partial charge < -0.3 is 24.7 Å². The zero-order valence-corrected chi connectivity index (χ0v) is 19.6. The van der Waals surface area contributed by atoms with Crippen LogP contribution in [0.2, 0.25) is 5.02 Å². The number of carbonyl (C=O) groups excluding carboxylic acids is 2. The first-order valence-electron chi connectivity index (χ1n) is 10.8. The van der Waals surface area contributed by atoms with E-state index in [9.17, 15) is 9.59 Å². The Morgan fingerprint density at radius 3 is 2.52 bits per heavy atom. The topological polar surface area (TPSA) is 86.9 Å². The number of piperazine rings is 1. The summed E-state index contributed by atoms with van der Waals surface area (Å²) in [4.78, 5) is 32.9. The number of anilines is 2. The van der Waals surface area contributed by atoms with Crippen molar-refractivity contribution in [3.63, 3.8) is 0 Å². The minimum atomic E-state index is -0.560. The van der Waals surface area contributed by atoms with Crippen LogP contribution in [0.3, 0.4) is 0 Å². The fourth-order valence-electron chi connectivity index (χ4n) is 4.18. The molecule has 1 aliphatic heterocycles. The van der Waals surface area contributed by atoms with Gasteiger partial charge in [0.15, 0.2) is 0 Å². The molecule has 0 aliphatic carbocycles. The lowest BCUT2D eigenvalue weighted by Crippen LogP contribution is -2.53. The molecule has 1 atom stereocenters. The molecular formula is C24H27ClN4O4. The van der Waals surface area contributed by atoms with Crippen molar-refractivity contribution in [2.45, 2.75) is 13.0 Å². The Hall–Kier alpha value is -3.23. The summed E-state index contributed by atoms with van der Waals surface area (Å²) < 4.78 is 10.4. The molecule has 4 rings (SSSR count). The normalized spacial score (nSPS) is 15.3. The molecule has 0 saturated carbocycles. The Bertz CT molecular complexity index is 1170. The molecule has 33 heavy (non-hydrogen) atoms. The highest BCUT2D eigenvalue weighted by Crippen LogP contribution is 2.32. The monoisotopic (exact) mass is 470 g/mol. The Labute approximate surface area is 197 Å². The minimum absolute atomic E-state index is 0.191. The summed E-state index contributed by atoms with van der Waals surface area (Å²) in [6, 6.07) is 12.7. The number of nitrogens with zero attached hydrogens (tertiary/aromatic N) is 2. The van der Waals surface area contributed by atoms with E-state index in [1.165, 1.54) is 7.11 Å². The van der Waals surface area contributed by atoms with E-state index in [4.69, 9.17) is 21.1 Å². The second kappa shape index (κ2) is 9.72. The lowest BCUT2D eigenvalue weighted by Gasteiger charge is -2.38. The number of hydrogen-bond acceptors (Lipinski definition) is 6. The van der Waals surface area contributed by atoms with Gasteiger partial charge in [0, 0.05) is 42.1 Å². The number of aromatic amines is 1. The molecule has 2 aromatic carbocycles. The zero-order valence-electron chi connectivity index (χ0n) is 18.9. The molecule has 2 N–H and O–H groups in total. The molecule has 3 aromatic rings. The Morgan fingerprint density at radius 2 is 1.82 bits per heavy atom. The SMILES string of the molecule is COC(=O)c1[nH]c2ccc(Cl)cc2c1NC(=O)C(C)N1CCN(c2ccccc2OC)CC1. The number of methoxy groups -OCH3 is 2. The molecule has 1 unspecified atom stereocenters. The molecule has 1 aromatic heterocycles. The van der Waals surface area contributed by atoms with Gasteiger partial charge in [0.2, 0.25) is 5.91 Å². The van der Waals surface area contributed by atoms with Crippen molar-refractivity contribution in [2.24, 2.45) is 0 Å². The third-order valence-electron chi connectivity index (χ3n) is 6.07. The van der Waals surface area contributed by atoms with Crippen molar-refractivity contribution >= 4 is 45.8 Å². The van der Waals surface area contributed by atoms with Gasteiger partial charge in [0.1, 0.15) is 11.4 Å². The van der Waals surface area contributed by atoms with E-state index < -0.39 is 5.97 Å². The number of ether oxygens (including phenoxy) is 2. The van der Waals surface area contributed by atoms with Gasteiger partial charge in [-0.2, -0.15) is 0 Å². The lowest BCUT2D eigenvalue weighted by atomic mass is 10.1. The molecule has 0 spiro atoms. The second-order valence-electron chi connectivity index (χ2n) is 7.92. The number of amides is 1. The Balaban J connectivity index is 1.48. The standard InChI is InChI=1S/C24H27ClN4O4/c1-15(28-10-12-29(13-11-28)19-6-4-5-7-20(19)32-2)23(30)27-21-17-14-16(25)8-9-18(17)26-22(21)24(31)33-3/h4-9,14-15,26H,10-13H2,1-3H3,(H,27,30). The number of rotatable bonds is 6. The first-order chi connectivity index (χ1) is 15.9. The van der Waals surface area contributed by atoms with Crippen LogP contribution >= 0.6 is 11.6 Å². The van der Waals surface area contributed by atoms with Crippen LogP contribution in [0.1, 0.15) is 17.4 Å². The number of H-pyrrole nitrogens is 1. The van der Waals surface area contributed by atoms with Crippen molar-refractivity contribution in [3.8, 4) is 5.75 Å². The van der Waals surface area contributed by atoms with Crippen LogP contribution in [-0.2, 0) is 9.53 Å². The van der Waals surface area contributed by atoms with Crippen LogP contribution in [0, 0.1) is 0 Å². The summed E-state index contributed by atoms with van der Waals surface area (Å²) in [5.41, 5.74) is 2.31. The Kier molecular flexibility index (Phi) is 6.76. The summed E-state index contributed by atoms with van der Waals surface area (Å²) in [6.45, 7) is 4.85. The van der Waals surface area contributed by atoms with Crippen LogP contribution in [0.4, 0.5) is 11.4 Å². The van der Waals surface area contributed by atoms with E-state index in [1.807, 2.05) is 31.2 Å². The van der Waals surface area contributed by atoms with Gasteiger partial charge in [-0.15, -0.1) is 0 Å². The van der Waals surface area contributed by atoms with Gasteiger partial charge in [-0.05, 0) is 37.3 Å². The predicted octanol–water partition coefficient (Wildman–Crippen LogP) is 3.77. The average Bonchev–Trinajstić information content (AvgIpc) is 3.20. The number of aromatic nitrogens is 1. The van der Waals surface area contributed by atoms with Gasteiger partial charge in [-0.1, -0.05) is 23.7 Å². The lowest BCUT2D eigenvalue weighted by molar-refractivity contribution is -0.120. The largest absolute Gasteiger partial charge is 0.495 e. The van der Waals surface area contributed by atoms with E-state index in [2.05, 4.69) is 20.1 Å². The van der Waals surface area contributed by atoms with Crippen molar-refractivity contribution < 1.29 is 19.1 Å². The predicted molar refractivity (Wildman–Crippen MR) is 130 cm³/mol. The minimum Gasteiger partial charge on any atom is -0.495 e. The van der Waals surface area contributed by atoms with Gasteiger partial charge in [-0.3, -0.25) is 9.69 Å². The average molecular weight is 471 g/mol. The summed E-state index contributed by atoms with van der Waals surface area (Å²) in [5.74, 6) is 0.0764. The number of nitrogens with one attached hydrogen (secondary N) is 2. The van der Waals surface area contributed by atoms with E-state index >= 15 is 0 Å². The molecule has 2 heterocycles. The highest BCUT2D eigenvalue weighted by atomic mass is 35.5. The third-order valence-corrected chi connectivity index (χ3v) is 6.30. The molecule has 174 valence electrons. The molecule has 1 fully saturated rings. The highest BCUT2D eigenvalue weighted by molar-refractivity contribution is 6.31. The zero-order chi connectivity index (χ0) is 23.5. The second-order valence-corrected chi connectivity index (χ2v) is 8.35. The Morgan fingerprint density at radius 1 is 1.09 bits per heavy atom. The number of hydrogen-bond donors (Lipinski definition) is 2. The maximum Gasteiger partial charge on any atom is 0.356 e. The molecule has 0 bridgehead atoms. The fourth-order valence-corrected chi connectivity index (χ4v) is 4.36. The molecular weight excluding hydrogens is 444 g/mol. The third kappa shape index (κ3) is 4.62. The van der Waals surface area contributed by atoms with Crippen LogP contribution in [0.5, 0.6) is 5.75 Å². The van der Waals surface area contributed by atoms with Crippen LogP contribution in [-0.4, -0.2) is 68.2 Å². The summed E-state index contributed by atoms with van der Waals surface area (Å²) in [6.07, 6.45) is 0. The summed E-state index contributed by atoms with van der Waals surface area (Å²) >= 11 is 6.16. The smallest absolute Gasteiger partial charge is 0.356 e. The molecule has 8 nitrogen and oxygen atoms in total. The van der Waals surface area contributed by atoms with Crippen LogP contribution in [0.25, 0.3) is 10.9 Å². The van der Waals surface area contributed by atoms with Crippen molar-refractivity contribution in [2.75, 3.05) is 50.6 Å². The maximum atomic E-state index is 13.2. The number of benzene rings is 2. The summed E-state index contributed by atoms with van der Waals surface area (Å²) in [7, 11) is 2.97.